The molecule has 0 bridgehead atoms. The number of benzene rings is 7. The highest BCUT2D eigenvalue weighted by atomic mass is 15.2. The number of rotatable bonds is 4. The van der Waals surface area contributed by atoms with E-state index in [9.17, 15) is 0 Å². The van der Waals surface area contributed by atoms with Crippen molar-refractivity contribution in [3.05, 3.63) is 187 Å². The second-order valence-electron chi connectivity index (χ2n) is 12.7. The Morgan fingerprint density at radius 2 is 1.00 bits per heavy atom. The van der Waals surface area contributed by atoms with E-state index in [0.29, 0.717) is 0 Å². The van der Waals surface area contributed by atoms with Gasteiger partial charge < -0.3 is 4.57 Å². The third-order valence-corrected chi connectivity index (χ3v) is 10.1. The molecule has 0 radical (unpaired) electrons. The molecule has 2 aromatic heterocycles. The van der Waals surface area contributed by atoms with E-state index in [-0.39, 0.29) is 6.17 Å². The maximum atomic E-state index is 2.53. The van der Waals surface area contributed by atoms with E-state index in [1.165, 1.54) is 82.8 Å². The summed E-state index contributed by atoms with van der Waals surface area (Å²) in [5.41, 5.74) is 13.6. The normalized spacial score (nSPS) is 14.5. The van der Waals surface area contributed by atoms with Crippen molar-refractivity contribution >= 4 is 54.9 Å². The predicted octanol–water partition coefficient (Wildman–Crippen LogP) is 10.4. The van der Waals surface area contributed by atoms with Gasteiger partial charge in [0, 0.05) is 38.9 Å². The van der Waals surface area contributed by atoms with Crippen molar-refractivity contribution in [3.8, 4) is 16.8 Å². The number of quaternary nitrogens is 1. The molecular weight excluding hydrogens is 583 g/mol. The van der Waals surface area contributed by atoms with Crippen molar-refractivity contribution in [1.82, 2.24) is 9.13 Å². The van der Waals surface area contributed by atoms with Crippen molar-refractivity contribution in [1.29, 1.82) is 0 Å². The van der Waals surface area contributed by atoms with E-state index in [1.807, 2.05) is 0 Å². The monoisotopic (exact) mass is 614 g/mol. The molecule has 0 spiro atoms. The summed E-state index contributed by atoms with van der Waals surface area (Å²) in [5.74, 6) is 0. The molecule has 0 aliphatic carbocycles. The number of hydrogen-bond acceptors (Lipinski definition) is 0. The van der Waals surface area contributed by atoms with Crippen molar-refractivity contribution in [2.75, 3.05) is 0 Å². The molecule has 1 aliphatic heterocycles. The number of aromatic nitrogens is 2. The Hall–Kier alpha value is -6.16. The molecular formula is C45H32N3+. The zero-order valence-electron chi connectivity index (χ0n) is 26.3. The summed E-state index contributed by atoms with van der Waals surface area (Å²) >= 11 is 0. The Bertz CT molecular complexity index is 2690. The first-order valence-corrected chi connectivity index (χ1v) is 16.6. The Kier molecular flexibility index (Phi) is 6.02. The van der Waals surface area contributed by atoms with Crippen LogP contribution in [0.3, 0.4) is 0 Å². The number of nitrogens with zero attached hydrogens (tertiary/aromatic N) is 2. The van der Waals surface area contributed by atoms with Crippen LogP contribution in [0.25, 0.3) is 66.0 Å². The van der Waals surface area contributed by atoms with Crippen LogP contribution in [0.1, 0.15) is 17.3 Å². The second-order valence-corrected chi connectivity index (χ2v) is 12.7. The van der Waals surface area contributed by atoms with Gasteiger partial charge in [0.25, 0.3) is 0 Å². The van der Waals surface area contributed by atoms with Gasteiger partial charge in [0.05, 0.1) is 22.1 Å². The van der Waals surface area contributed by atoms with Gasteiger partial charge in [-0.1, -0.05) is 121 Å². The van der Waals surface area contributed by atoms with Crippen LogP contribution in [0.15, 0.2) is 176 Å². The third kappa shape index (κ3) is 4.12. The highest BCUT2D eigenvalue weighted by molar-refractivity contribution is 6.11. The van der Waals surface area contributed by atoms with Gasteiger partial charge in [-0.05, 0) is 70.8 Å². The molecule has 0 saturated heterocycles. The van der Waals surface area contributed by atoms with E-state index < -0.39 is 0 Å². The summed E-state index contributed by atoms with van der Waals surface area (Å²) in [6.07, 6.45) is 2.50. The van der Waals surface area contributed by atoms with Gasteiger partial charge in [-0.15, -0.1) is 0 Å². The van der Waals surface area contributed by atoms with Crippen LogP contribution in [-0.4, -0.2) is 9.13 Å². The molecule has 0 amide bonds. The van der Waals surface area contributed by atoms with E-state index in [1.54, 1.807) is 0 Å². The summed E-state index contributed by atoms with van der Waals surface area (Å²) in [7, 11) is 0. The predicted molar refractivity (Wildman–Crippen MR) is 200 cm³/mol. The largest absolute Gasteiger partial charge is 0.309 e. The lowest BCUT2D eigenvalue weighted by atomic mass is 9.92. The van der Waals surface area contributed by atoms with Crippen LogP contribution in [0, 0.1) is 0 Å². The zero-order valence-corrected chi connectivity index (χ0v) is 26.3. The van der Waals surface area contributed by atoms with Crippen LogP contribution in [-0.2, 0) is 0 Å². The molecule has 1 aliphatic rings. The second kappa shape index (κ2) is 10.7. The average Bonchev–Trinajstić information content (AvgIpc) is 3.67. The molecule has 9 aromatic rings. The first-order chi connectivity index (χ1) is 23.8. The van der Waals surface area contributed by atoms with Crippen molar-refractivity contribution in [2.45, 2.75) is 6.17 Å². The van der Waals surface area contributed by atoms with E-state index in [4.69, 9.17) is 0 Å². The van der Waals surface area contributed by atoms with E-state index in [2.05, 4.69) is 190 Å². The van der Waals surface area contributed by atoms with Crippen LogP contribution < -0.4 is 5.32 Å². The summed E-state index contributed by atoms with van der Waals surface area (Å²) in [6.45, 7) is 0. The lowest BCUT2D eigenvalue weighted by Gasteiger charge is -2.25. The first kappa shape index (κ1) is 27.0. The topological polar surface area (TPSA) is 26.5 Å². The molecule has 2 N–H and O–H groups in total. The Labute approximate surface area is 278 Å². The number of fused-ring (bicyclic) bond motifs is 7. The van der Waals surface area contributed by atoms with Crippen LogP contribution in [0.2, 0.25) is 0 Å². The van der Waals surface area contributed by atoms with Crippen LogP contribution >= 0.6 is 0 Å². The lowest BCUT2D eigenvalue weighted by molar-refractivity contribution is -0.622. The Balaban J connectivity index is 1.21. The van der Waals surface area contributed by atoms with E-state index in [0.717, 1.165) is 0 Å². The quantitative estimate of drug-likeness (QED) is 0.191. The first-order valence-electron chi connectivity index (χ1n) is 16.6. The molecule has 3 heteroatoms. The van der Waals surface area contributed by atoms with Crippen molar-refractivity contribution in [3.63, 3.8) is 0 Å². The average molecular weight is 615 g/mol. The highest BCUT2D eigenvalue weighted by Gasteiger charge is 2.28. The highest BCUT2D eigenvalue weighted by Crippen LogP contribution is 2.40. The summed E-state index contributed by atoms with van der Waals surface area (Å²) in [4.78, 5) is 0. The molecule has 1 unspecified atom stereocenters. The standard InChI is InChI=1S/C45H31N3/c1-3-13-30(14-4-1)31-23-25-38-36-19-9-12-22-42(36)48(44(38)27-31)45-29-39(34-17-7-10-20-40(34)46-45)32-24-26-37-35-18-8-11-21-41(35)47(43(37)28-32)33-15-5-2-6-16-33/h1-29,45-46H/p+1. The Morgan fingerprint density at radius 3 is 1.81 bits per heavy atom. The molecule has 48 heavy (non-hydrogen) atoms. The summed E-state index contributed by atoms with van der Waals surface area (Å²) < 4.78 is 4.94. The minimum absolute atomic E-state index is 0.0269. The number of nitrogens with two attached hydrogens (primary N) is 1. The van der Waals surface area contributed by atoms with E-state index >= 15 is 0 Å². The van der Waals surface area contributed by atoms with Crippen molar-refractivity contribution < 1.29 is 5.32 Å². The SMILES string of the molecule is C1=C(c2ccc3c4ccccc4n(-c4ccccc4)c3c2)c2ccccc2[NH2+]C1n1c2ccccc2c2ccc(-c3ccccc3)cc21. The lowest BCUT2D eigenvalue weighted by Crippen LogP contribution is -2.81. The molecule has 0 saturated carbocycles. The maximum Gasteiger partial charge on any atom is 0.191 e. The summed E-state index contributed by atoms with van der Waals surface area (Å²) in [6, 6.07) is 61.8. The molecule has 226 valence electrons. The Morgan fingerprint density at radius 1 is 0.417 bits per heavy atom. The van der Waals surface area contributed by atoms with Gasteiger partial charge in [0.1, 0.15) is 5.69 Å². The zero-order chi connectivity index (χ0) is 31.6. The van der Waals surface area contributed by atoms with Gasteiger partial charge in [-0.25, -0.2) is 0 Å². The fraction of sp³-hybridized carbons (Fsp3) is 0.0222. The molecule has 0 fully saturated rings. The minimum Gasteiger partial charge on any atom is -0.309 e. The van der Waals surface area contributed by atoms with Gasteiger partial charge in [0.2, 0.25) is 0 Å². The summed E-state index contributed by atoms with van der Waals surface area (Å²) in [5, 5.41) is 7.53. The fourth-order valence-electron chi connectivity index (χ4n) is 7.91. The molecule has 7 aromatic carbocycles. The third-order valence-electron chi connectivity index (χ3n) is 10.1. The van der Waals surface area contributed by atoms with Gasteiger partial charge >= 0.3 is 0 Å². The van der Waals surface area contributed by atoms with Gasteiger partial charge in [-0.2, -0.15) is 0 Å². The fourth-order valence-corrected chi connectivity index (χ4v) is 7.91. The van der Waals surface area contributed by atoms with Gasteiger partial charge in [0.15, 0.2) is 6.17 Å². The molecule has 3 heterocycles. The van der Waals surface area contributed by atoms with Crippen LogP contribution in [0.5, 0.6) is 0 Å². The minimum atomic E-state index is 0.0269. The molecule has 10 rings (SSSR count). The van der Waals surface area contributed by atoms with Gasteiger partial charge in [-0.3, -0.25) is 9.88 Å². The van der Waals surface area contributed by atoms with Crippen molar-refractivity contribution in [2.24, 2.45) is 0 Å². The maximum absolute atomic E-state index is 2.53. The number of para-hydroxylation sites is 4. The van der Waals surface area contributed by atoms with Crippen LogP contribution in [0.4, 0.5) is 5.69 Å². The smallest absolute Gasteiger partial charge is 0.191 e. The number of hydrogen-bond donors (Lipinski definition) is 1. The molecule has 1 atom stereocenters. The molecule has 3 nitrogen and oxygen atoms in total.